The second kappa shape index (κ2) is 7.61. The molecule has 0 saturated carbocycles. The highest BCUT2D eigenvalue weighted by atomic mass is 16.3. The van der Waals surface area contributed by atoms with E-state index in [-0.39, 0.29) is 18.6 Å². The van der Waals surface area contributed by atoms with Crippen LogP contribution in [0.4, 0.5) is 5.69 Å². The van der Waals surface area contributed by atoms with Gasteiger partial charge >= 0.3 is 0 Å². The van der Waals surface area contributed by atoms with E-state index >= 15 is 0 Å². The van der Waals surface area contributed by atoms with E-state index in [2.05, 4.69) is 5.32 Å². The lowest BCUT2D eigenvalue weighted by Gasteiger charge is -2.23. The van der Waals surface area contributed by atoms with Gasteiger partial charge in [-0.25, -0.2) is 0 Å². The molecule has 2 rings (SSSR count). The SMILES string of the molecule is CC(Nc1cccc(CO)c1)C(=O)N(C)Cc1ccccc1. The fourth-order valence-electron chi connectivity index (χ4n) is 2.34. The molecule has 0 heterocycles. The van der Waals surface area contributed by atoms with Gasteiger partial charge in [-0.3, -0.25) is 4.79 Å². The number of anilines is 1. The summed E-state index contributed by atoms with van der Waals surface area (Å²) in [5.74, 6) is 0.0262. The van der Waals surface area contributed by atoms with Crippen LogP contribution in [0.3, 0.4) is 0 Å². The first kappa shape index (κ1) is 16.0. The summed E-state index contributed by atoms with van der Waals surface area (Å²) in [6, 6.07) is 17.0. The van der Waals surface area contributed by atoms with Crippen LogP contribution in [0.15, 0.2) is 54.6 Å². The summed E-state index contributed by atoms with van der Waals surface area (Å²) >= 11 is 0. The van der Waals surface area contributed by atoms with E-state index in [9.17, 15) is 4.79 Å². The van der Waals surface area contributed by atoms with E-state index in [0.29, 0.717) is 6.54 Å². The van der Waals surface area contributed by atoms with Crippen molar-refractivity contribution in [3.8, 4) is 0 Å². The van der Waals surface area contributed by atoms with E-state index in [0.717, 1.165) is 16.8 Å². The minimum absolute atomic E-state index is 0.00818. The number of likely N-dealkylation sites (N-methyl/N-ethyl adjacent to an activating group) is 1. The summed E-state index contributed by atoms with van der Waals surface area (Å²) in [7, 11) is 1.80. The number of hydrogen-bond donors (Lipinski definition) is 2. The third-order valence-corrected chi connectivity index (χ3v) is 3.50. The van der Waals surface area contributed by atoms with Crippen molar-refractivity contribution >= 4 is 11.6 Å². The van der Waals surface area contributed by atoms with Crippen LogP contribution in [0.25, 0.3) is 0 Å². The van der Waals surface area contributed by atoms with Crippen LogP contribution < -0.4 is 5.32 Å². The van der Waals surface area contributed by atoms with Crippen LogP contribution in [-0.4, -0.2) is 29.0 Å². The number of carbonyl (C=O) groups is 1. The number of nitrogens with one attached hydrogen (secondary N) is 1. The minimum atomic E-state index is -0.331. The standard InChI is InChI=1S/C18H22N2O2/c1-14(19-17-10-6-9-16(11-17)13-21)18(22)20(2)12-15-7-4-3-5-8-15/h3-11,14,19,21H,12-13H2,1-2H3. The van der Waals surface area contributed by atoms with Crippen LogP contribution in [0.1, 0.15) is 18.1 Å². The Bertz CT molecular complexity index is 613. The molecule has 2 aromatic rings. The maximum atomic E-state index is 12.4. The highest BCUT2D eigenvalue weighted by molar-refractivity contribution is 5.84. The monoisotopic (exact) mass is 298 g/mol. The molecule has 0 saturated heterocycles. The van der Waals surface area contributed by atoms with Gasteiger partial charge in [-0.05, 0) is 30.2 Å². The molecule has 2 aromatic carbocycles. The van der Waals surface area contributed by atoms with Crippen LogP contribution in [0, 0.1) is 0 Å². The van der Waals surface area contributed by atoms with Gasteiger partial charge < -0.3 is 15.3 Å². The smallest absolute Gasteiger partial charge is 0.244 e. The maximum Gasteiger partial charge on any atom is 0.244 e. The van der Waals surface area contributed by atoms with Crippen LogP contribution >= 0.6 is 0 Å². The van der Waals surface area contributed by atoms with Gasteiger partial charge in [-0.1, -0.05) is 42.5 Å². The lowest BCUT2D eigenvalue weighted by Crippen LogP contribution is -2.38. The topological polar surface area (TPSA) is 52.6 Å². The molecule has 1 atom stereocenters. The number of rotatable bonds is 6. The fraction of sp³-hybridized carbons (Fsp3) is 0.278. The molecule has 22 heavy (non-hydrogen) atoms. The van der Waals surface area contributed by atoms with Gasteiger partial charge in [-0.15, -0.1) is 0 Å². The maximum absolute atomic E-state index is 12.4. The third-order valence-electron chi connectivity index (χ3n) is 3.50. The average Bonchev–Trinajstić information content (AvgIpc) is 2.55. The number of amides is 1. The number of nitrogens with zero attached hydrogens (tertiary/aromatic N) is 1. The van der Waals surface area contributed by atoms with Gasteiger partial charge in [0.25, 0.3) is 0 Å². The molecule has 0 aromatic heterocycles. The molecular formula is C18H22N2O2. The second-order valence-corrected chi connectivity index (χ2v) is 5.40. The minimum Gasteiger partial charge on any atom is -0.392 e. The largest absolute Gasteiger partial charge is 0.392 e. The van der Waals surface area contributed by atoms with E-state index < -0.39 is 0 Å². The second-order valence-electron chi connectivity index (χ2n) is 5.40. The molecule has 0 bridgehead atoms. The highest BCUT2D eigenvalue weighted by Gasteiger charge is 2.17. The van der Waals surface area contributed by atoms with Crippen molar-refractivity contribution in [1.29, 1.82) is 0 Å². The van der Waals surface area contributed by atoms with Gasteiger partial charge in [0.05, 0.1) is 6.61 Å². The molecule has 0 fully saturated rings. The quantitative estimate of drug-likeness (QED) is 0.862. The van der Waals surface area contributed by atoms with Crippen molar-refractivity contribution in [1.82, 2.24) is 4.90 Å². The predicted octanol–water partition coefficient (Wildman–Crippen LogP) is 2.64. The molecule has 0 spiro atoms. The molecule has 0 aliphatic carbocycles. The van der Waals surface area contributed by atoms with Crippen LogP contribution in [0.2, 0.25) is 0 Å². The number of hydrogen-bond acceptors (Lipinski definition) is 3. The Kier molecular flexibility index (Phi) is 5.55. The summed E-state index contributed by atoms with van der Waals surface area (Å²) in [6.45, 7) is 2.42. The van der Waals surface area contributed by atoms with E-state index in [1.165, 1.54) is 0 Å². The van der Waals surface area contributed by atoms with Crippen LogP contribution in [0.5, 0.6) is 0 Å². The van der Waals surface area contributed by atoms with E-state index in [1.807, 2.05) is 61.5 Å². The van der Waals surface area contributed by atoms with Gasteiger partial charge in [0.15, 0.2) is 0 Å². The molecule has 1 amide bonds. The summed E-state index contributed by atoms with van der Waals surface area (Å²) in [4.78, 5) is 14.1. The lowest BCUT2D eigenvalue weighted by molar-refractivity contribution is -0.130. The van der Waals surface area contributed by atoms with Crippen molar-refractivity contribution in [3.63, 3.8) is 0 Å². The van der Waals surface area contributed by atoms with Gasteiger partial charge in [0.2, 0.25) is 5.91 Å². The number of benzene rings is 2. The Morgan fingerprint density at radius 3 is 2.50 bits per heavy atom. The average molecular weight is 298 g/mol. The van der Waals surface area contributed by atoms with Crippen molar-refractivity contribution < 1.29 is 9.90 Å². The first-order valence-corrected chi connectivity index (χ1v) is 7.35. The summed E-state index contributed by atoms with van der Waals surface area (Å²) in [5.41, 5.74) is 2.76. The van der Waals surface area contributed by atoms with Gasteiger partial charge in [0.1, 0.15) is 6.04 Å². The molecular weight excluding hydrogens is 276 g/mol. The van der Waals surface area contributed by atoms with Crippen molar-refractivity contribution in [2.75, 3.05) is 12.4 Å². The van der Waals surface area contributed by atoms with E-state index in [4.69, 9.17) is 5.11 Å². The molecule has 1 unspecified atom stereocenters. The Balaban J connectivity index is 1.96. The Morgan fingerprint density at radius 1 is 1.14 bits per heavy atom. The number of aliphatic hydroxyl groups is 1. The lowest BCUT2D eigenvalue weighted by atomic mass is 10.1. The normalized spacial score (nSPS) is 11.8. The van der Waals surface area contributed by atoms with Crippen molar-refractivity contribution in [2.45, 2.75) is 26.1 Å². The first-order valence-electron chi connectivity index (χ1n) is 7.35. The molecule has 2 N–H and O–H groups in total. The van der Waals surface area contributed by atoms with Crippen LogP contribution in [-0.2, 0) is 17.9 Å². The molecule has 0 radical (unpaired) electrons. The Hall–Kier alpha value is -2.33. The molecule has 116 valence electrons. The Labute approximate surface area is 131 Å². The van der Waals surface area contributed by atoms with Crippen molar-refractivity contribution in [2.24, 2.45) is 0 Å². The van der Waals surface area contributed by atoms with Gasteiger partial charge in [0, 0.05) is 19.3 Å². The Morgan fingerprint density at radius 2 is 1.82 bits per heavy atom. The molecule has 4 heteroatoms. The zero-order chi connectivity index (χ0) is 15.9. The first-order chi connectivity index (χ1) is 10.6. The molecule has 0 aliphatic heterocycles. The predicted molar refractivity (Wildman–Crippen MR) is 88.4 cm³/mol. The number of carbonyl (C=O) groups excluding carboxylic acids is 1. The zero-order valence-electron chi connectivity index (χ0n) is 13.0. The van der Waals surface area contributed by atoms with Crippen molar-refractivity contribution in [3.05, 3.63) is 65.7 Å². The highest BCUT2D eigenvalue weighted by Crippen LogP contribution is 2.13. The van der Waals surface area contributed by atoms with Gasteiger partial charge in [-0.2, -0.15) is 0 Å². The third kappa shape index (κ3) is 4.33. The summed E-state index contributed by atoms with van der Waals surface area (Å²) in [5, 5.41) is 12.3. The van der Waals surface area contributed by atoms with E-state index in [1.54, 1.807) is 11.9 Å². The molecule has 0 aliphatic rings. The number of aliphatic hydroxyl groups excluding tert-OH is 1. The zero-order valence-corrected chi connectivity index (χ0v) is 13.0. The molecule has 4 nitrogen and oxygen atoms in total. The fourth-order valence-corrected chi connectivity index (χ4v) is 2.34. The summed E-state index contributed by atoms with van der Waals surface area (Å²) in [6.07, 6.45) is 0. The summed E-state index contributed by atoms with van der Waals surface area (Å²) < 4.78 is 0.